The maximum atomic E-state index is 11.8. The van der Waals surface area contributed by atoms with Crippen LogP contribution in [0.5, 0.6) is 0 Å². The van der Waals surface area contributed by atoms with Crippen molar-refractivity contribution in [1.82, 2.24) is 20.0 Å². The zero-order chi connectivity index (χ0) is 22.9. The first-order valence-electron chi connectivity index (χ1n) is 11.0. The lowest BCUT2D eigenvalue weighted by Crippen LogP contribution is -2.46. The fourth-order valence-corrected chi connectivity index (χ4v) is 3.89. The summed E-state index contributed by atoms with van der Waals surface area (Å²) < 4.78 is 6.49. The normalized spacial score (nSPS) is 14.8. The molecule has 0 saturated carbocycles. The van der Waals surface area contributed by atoms with Crippen LogP contribution in [-0.4, -0.2) is 59.9 Å². The van der Waals surface area contributed by atoms with E-state index in [1.165, 1.54) is 7.11 Å². The van der Waals surface area contributed by atoms with Crippen molar-refractivity contribution in [3.63, 3.8) is 0 Å². The molecule has 1 fully saturated rings. The number of carbonyl (C=O) groups excluding carboxylic acids is 1. The minimum Gasteiger partial charge on any atom is -0.469 e. The van der Waals surface area contributed by atoms with Crippen LogP contribution in [0.25, 0.3) is 5.69 Å². The van der Waals surface area contributed by atoms with Crippen LogP contribution in [0.4, 0.5) is 5.82 Å². The Morgan fingerprint density at radius 3 is 2.69 bits per heavy atom. The largest absolute Gasteiger partial charge is 0.469 e. The molecule has 1 aromatic heterocycles. The van der Waals surface area contributed by atoms with E-state index in [1.54, 1.807) is 4.68 Å². The van der Waals surface area contributed by atoms with E-state index in [0.29, 0.717) is 30.0 Å². The lowest BCUT2D eigenvalue weighted by atomic mass is 9.97. The number of rotatable bonds is 7. The number of aromatic nitrogens is 2. The van der Waals surface area contributed by atoms with Crippen LogP contribution in [0.1, 0.15) is 37.4 Å². The smallest absolute Gasteiger partial charge is 0.308 e. The van der Waals surface area contributed by atoms with Gasteiger partial charge in [-0.25, -0.2) is 4.68 Å². The van der Waals surface area contributed by atoms with E-state index < -0.39 is 0 Å². The molecule has 0 spiro atoms. The van der Waals surface area contributed by atoms with Gasteiger partial charge in [-0.1, -0.05) is 18.2 Å². The molecule has 0 aliphatic carbocycles. The Hall–Kier alpha value is -3.54. The zero-order valence-electron chi connectivity index (χ0n) is 18.8. The van der Waals surface area contributed by atoms with E-state index in [0.717, 1.165) is 50.5 Å². The van der Waals surface area contributed by atoms with Gasteiger partial charge in [0.2, 0.25) is 0 Å². The fourth-order valence-electron chi connectivity index (χ4n) is 3.89. The molecular weight excluding hydrogens is 406 g/mol. The highest BCUT2D eigenvalue weighted by molar-refractivity contribution is 5.80. The van der Waals surface area contributed by atoms with E-state index in [9.17, 15) is 10.1 Å². The number of aryl methyl sites for hydroxylation is 1. The molecule has 0 radical (unpaired) electrons. The molecule has 0 amide bonds. The second kappa shape index (κ2) is 11.2. The van der Waals surface area contributed by atoms with Crippen molar-refractivity contribution in [3.8, 4) is 11.8 Å². The summed E-state index contributed by atoms with van der Waals surface area (Å²) in [4.78, 5) is 18.7. The molecule has 0 bridgehead atoms. The molecule has 9 nitrogen and oxygen atoms in total. The maximum Gasteiger partial charge on any atom is 0.308 e. The Labute approximate surface area is 188 Å². The fraction of sp³-hybridized carbons (Fsp3) is 0.478. The molecule has 1 aliphatic heterocycles. The Bertz CT molecular complexity index is 970. The Morgan fingerprint density at radius 1 is 1.34 bits per heavy atom. The Balaban J connectivity index is 1.61. The number of hydrogen-bond acceptors (Lipinski definition) is 6. The van der Waals surface area contributed by atoms with E-state index in [4.69, 9.17) is 15.5 Å². The van der Waals surface area contributed by atoms with Gasteiger partial charge in [-0.2, -0.15) is 10.4 Å². The summed E-state index contributed by atoms with van der Waals surface area (Å²) in [5.41, 5.74) is 8.12. The van der Waals surface area contributed by atoms with Crippen molar-refractivity contribution in [1.29, 1.82) is 5.26 Å². The number of benzene rings is 1. The van der Waals surface area contributed by atoms with Crippen LogP contribution in [-0.2, 0) is 16.0 Å². The predicted molar refractivity (Wildman–Crippen MR) is 123 cm³/mol. The second-order valence-corrected chi connectivity index (χ2v) is 7.69. The van der Waals surface area contributed by atoms with Crippen LogP contribution in [0, 0.1) is 17.2 Å². The second-order valence-electron chi connectivity index (χ2n) is 7.69. The lowest BCUT2D eigenvalue weighted by molar-refractivity contribution is -0.146. The van der Waals surface area contributed by atoms with Gasteiger partial charge in [0.05, 0.1) is 24.4 Å². The maximum absolute atomic E-state index is 11.8. The van der Waals surface area contributed by atoms with Gasteiger partial charge in [-0.15, -0.1) is 0 Å². The van der Waals surface area contributed by atoms with Crippen LogP contribution < -0.4 is 11.1 Å². The number of nitrogens with one attached hydrogen (secondary N) is 1. The first-order chi connectivity index (χ1) is 15.6. The molecule has 170 valence electrons. The molecule has 1 aromatic carbocycles. The van der Waals surface area contributed by atoms with Crippen LogP contribution in [0.3, 0.4) is 0 Å². The van der Waals surface area contributed by atoms with E-state index in [2.05, 4.69) is 21.4 Å². The number of esters is 1. The number of methoxy groups -OCH3 is 1. The summed E-state index contributed by atoms with van der Waals surface area (Å²) in [6, 6.07) is 11.7. The minimum atomic E-state index is -0.130. The van der Waals surface area contributed by atoms with E-state index >= 15 is 0 Å². The molecule has 9 heteroatoms. The topological polar surface area (TPSA) is 122 Å². The molecule has 2 heterocycles. The molecule has 32 heavy (non-hydrogen) atoms. The molecule has 0 unspecified atom stereocenters. The third-order valence-corrected chi connectivity index (χ3v) is 5.60. The van der Waals surface area contributed by atoms with Crippen molar-refractivity contribution >= 4 is 17.7 Å². The van der Waals surface area contributed by atoms with Crippen molar-refractivity contribution in [2.24, 2.45) is 10.9 Å². The van der Waals surface area contributed by atoms with Crippen LogP contribution in [0.15, 0.2) is 35.3 Å². The quantitative estimate of drug-likeness (QED) is 0.294. The summed E-state index contributed by atoms with van der Waals surface area (Å²) in [5, 5.41) is 17.5. The van der Waals surface area contributed by atoms with Gasteiger partial charge in [0, 0.05) is 26.2 Å². The number of para-hydroxylation sites is 1. The monoisotopic (exact) mass is 437 g/mol. The van der Waals surface area contributed by atoms with E-state index in [-0.39, 0.29) is 11.9 Å². The van der Waals surface area contributed by atoms with Gasteiger partial charge < -0.3 is 20.7 Å². The first-order valence-corrected chi connectivity index (χ1v) is 11.0. The van der Waals surface area contributed by atoms with Gasteiger partial charge in [0.25, 0.3) is 0 Å². The average molecular weight is 438 g/mol. The van der Waals surface area contributed by atoms with Crippen LogP contribution in [0.2, 0.25) is 0 Å². The Kier molecular flexibility index (Phi) is 8.08. The van der Waals surface area contributed by atoms with Crippen molar-refractivity contribution in [2.45, 2.75) is 32.6 Å². The van der Waals surface area contributed by atoms with Gasteiger partial charge in [-0.05, 0) is 44.7 Å². The van der Waals surface area contributed by atoms with Crippen molar-refractivity contribution < 1.29 is 9.53 Å². The third-order valence-electron chi connectivity index (χ3n) is 5.60. The van der Waals surface area contributed by atoms with Gasteiger partial charge >= 0.3 is 5.97 Å². The number of likely N-dealkylation sites (tertiary alicyclic amines) is 1. The SMILES string of the molecule is CCNC(=NCCCc1nn(-c2ccccc2)c(N)c1C#N)N1CCC(C(=O)OC)CC1. The van der Waals surface area contributed by atoms with Gasteiger partial charge in [-0.3, -0.25) is 9.79 Å². The summed E-state index contributed by atoms with van der Waals surface area (Å²) in [6.07, 6.45) is 2.88. The van der Waals surface area contributed by atoms with Crippen LogP contribution >= 0.6 is 0 Å². The number of nitrogens with zero attached hydrogens (tertiary/aromatic N) is 5. The summed E-state index contributed by atoms with van der Waals surface area (Å²) in [7, 11) is 1.44. The van der Waals surface area contributed by atoms with E-state index in [1.807, 2.05) is 37.3 Å². The summed E-state index contributed by atoms with van der Waals surface area (Å²) in [5.74, 6) is 1.05. The van der Waals surface area contributed by atoms with Crippen molar-refractivity contribution in [2.75, 3.05) is 39.0 Å². The summed E-state index contributed by atoms with van der Waals surface area (Å²) in [6.45, 7) is 4.94. The Morgan fingerprint density at radius 2 is 2.06 bits per heavy atom. The number of nitrogens with two attached hydrogens (primary N) is 1. The third kappa shape index (κ3) is 5.38. The molecule has 3 rings (SSSR count). The number of nitrogen functional groups attached to an aromatic ring is 1. The number of piperidine rings is 1. The number of ether oxygens (including phenoxy) is 1. The number of nitriles is 1. The number of aliphatic imine (C=N–C) groups is 1. The first kappa shape index (κ1) is 23.1. The zero-order valence-corrected chi connectivity index (χ0v) is 18.8. The lowest BCUT2D eigenvalue weighted by Gasteiger charge is -2.33. The molecule has 3 N–H and O–H groups in total. The summed E-state index contributed by atoms with van der Waals surface area (Å²) >= 11 is 0. The standard InChI is InChI=1S/C23H31N7O2/c1-3-26-23(29-14-11-17(12-15-29)22(31)32-2)27-13-7-10-20-19(16-24)21(25)30(28-20)18-8-5-4-6-9-18/h4-6,8-9,17H,3,7,10-15,25H2,1-2H3,(H,26,27). The van der Waals surface area contributed by atoms with Gasteiger partial charge in [0.15, 0.2) is 5.96 Å². The molecule has 0 atom stereocenters. The molecule has 1 saturated heterocycles. The number of guanidine groups is 1. The highest BCUT2D eigenvalue weighted by atomic mass is 16.5. The minimum absolute atomic E-state index is 0.0336. The van der Waals surface area contributed by atoms with Crippen molar-refractivity contribution in [3.05, 3.63) is 41.6 Å². The number of anilines is 1. The molecule has 2 aromatic rings. The average Bonchev–Trinajstić information content (AvgIpc) is 3.16. The highest BCUT2D eigenvalue weighted by Gasteiger charge is 2.27. The number of hydrogen-bond donors (Lipinski definition) is 2. The highest BCUT2D eigenvalue weighted by Crippen LogP contribution is 2.22. The predicted octanol–water partition coefficient (Wildman–Crippen LogP) is 2.11. The van der Waals surface area contributed by atoms with Gasteiger partial charge in [0.1, 0.15) is 17.5 Å². The number of carbonyl (C=O) groups is 1. The molecular formula is C23H31N7O2. The molecule has 1 aliphatic rings.